The molecule has 0 aromatic heterocycles. The standard InChI is InChI=1S/C14H20N2O/c1-2-3-4-5-6-10-17-14-9-7-8-13(11-14)16-12-15/h7-9,11,16H,2-6,10H2,1H3. The van der Waals surface area contributed by atoms with Gasteiger partial charge in [-0.2, -0.15) is 5.26 Å². The summed E-state index contributed by atoms with van der Waals surface area (Å²) in [4.78, 5) is 0. The van der Waals surface area contributed by atoms with Gasteiger partial charge in [0.15, 0.2) is 6.19 Å². The number of nitrogens with one attached hydrogen (secondary N) is 1. The van der Waals surface area contributed by atoms with Gasteiger partial charge >= 0.3 is 0 Å². The summed E-state index contributed by atoms with van der Waals surface area (Å²) in [6, 6.07) is 7.48. The first-order valence-electron chi connectivity index (χ1n) is 6.24. The van der Waals surface area contributed by atoms with Crippen molar-refractivity contribution in [3.8, 4) is 11.9 Å². The van der Waals surface area contributed by atoms with Gasteiger partial charge in [-0.25, -0.2) is 0 Å². The number of ether oxygens (including phenoxy) is 1. The van der Waals surface area contributed by atoms with Crippen LogP contribution in [0.5, 0.6) is 5.75 Å². The Hall–Kier alpha value is -1.69. The number of rotatable bonds is 8. The van der Waals surface area contributed by atoms with Gasteiger partial charge < -0.3 is 4.74 Å². The van der Waals surface area contributed by atoms with Gasteiger partial charge in [0.1, 0.15) is 5.75 Å². The average Bonchev–Trinajstić information content (AvgIpc) is 2.35. The molecule has 0 heterocycles. The Morgan fingerprint density at radius 2 is 2.06 bits per heavy atom. The highest BCUT2D eigenvalue weighted by atomic mass is 16.5. The van der Waals surface area contributed by atoms with Crippen LogP contribution >= 0.6 is 0 Å². The normalized spacial score (nSPS) is 9.65. The van der Waals surface area contributed by atoms with E-state index >= 15 is 0 Å². The van der Waals surface area contributed by atoms with Crippen LogP contribution in [0.2, 0.25) is 0 Å². The lowest BCUT2D eigenvalue weighted by molar-refractivity contribution is 0.304. The van der Waals surface area contributed by atoms with Crippen LogP contribution in [0.25, 0.3) is 0 Å². The topological polar surface area (TPSA) is 45.0 Å². The van der Waals surface area contributed by atoms with Crippen LogP contribution < -0.4 is 10.1 Å². The number of anilines is 1. The van der Waals surface area contributed by atoms with E-state index in [1.807, 2.05) is 30.5 Å². The van der Waals surface area contributed by atoms with Crippen LogP contribution in [-0.2, 0) is 0 Å². The zero-order valence-corrected chi connectivity index (χ0v) is 10.4. The summed E-state index contributed by atoms with van der Waals surface area (Å²) in [5, 5.41) is 11.1. The Kier molecular flexibility index (Phi) is 6.66. The molecule has 1 aromatic rings. The van der Waals surface area contributed by atoms with Crippen molar-refractivity contribution in [2.75, 3.05) is 11.9 Å². The maximum Gasteiger partial charge on any atom is 0.181 e. The minimum atomic E-state index is 0.750. The van der Waals surface area contributed by atoms with Crippen LogP contribution in [0.1, 0.15) is 39.0 Å². The van der Waals surface area contributed by atoms with Crippen molar-refractivity contribution in [3.63, 3.8) is 0 Å². The highest BCUT2D eigenvalue weighted by Crippen LogP contribution is 2.17. The quantitative estimate of drug-likeness (QED) is 0.419. The number of hydrogen-bond donors (Lipinski definition) is 1. The summed E-state index contributed by atoms with van der Waals surface area (Å²) in [6.45, 7) is 2.96. The molecule has 0 aliphatic heterocycles. The van der Waals surface area contributed by atoms with Crippen LogP contribution in [0.4, 0.5) is 5.69 Å². The number of hydrogen-bond acceptors (Lipinski definition) is 3. The summed E-state index contributed by atoms with van der Waals surface area (Å²) in [5.41, 5.74) is 0.774. The first-order valence-corrected chi connectivity index (χ1v) is 6.24. The van der Waals surface area contributed by atoms with Crippen LogP contribution in [0.3, 0.4) is 0 Å². The lowest BCUT2D eigenvalue weighted by Crippen LogP contribution is -1.97. The second kappa shape index (κ2) is 8.46. The SMILES string of the molecule is CCCCCCCOc1cccc(NC#N)c1. The fraction of sp³-hybridized carbons (Fsp3) is 0.500. The number of unbranched alkanes of at least 4 members (excludes halogenated alkanes) is 4. The molecule has 0 aliphatic carbocycles. The monoisotopic (exact) mass is 232 g/mol. The van der Waals surface area contributed by atoms with E-state index in [2.05, 4.69) is 12.2 Å². The Morgan fingerprint density at radius 3 is 2.82 bits per heavy atom. The van der Waals surface area contributed by atoms with Gasteiger partial charge in [-0.1, -0.05) is 38.7 Å². The van der Waals surface area contributed by atoms with Crippen molar-refractivity contribution in [1.82, 2.24) is 0 Å². The number of nitrogens with zero attached hydrogens (tertiary/aromatic N) is 1. The second-order valence-corrected chi connectivity index (χ2v) is 4.03. The van der Waals surface area contributed by atoms with E-state index < -0.39 is 0 Å². The molecule has 0 bridgehead atoms. The van der Waals surface area contributed by atoms with Crippen molar-refractivity contribution in [2.24, 2.45) is 0 Å². The zero-order chi connectivity index (χ0) is 12.3. The minimum Gasteiger partial charge on any atom is -0.494 e. The van der Waals surface area contributed by atoms with Gasteiger partial charge in [0.05, 0.1) is 12.3 Å². The van der Waals surface area contributed by atoms with E-state index in [0.717, 1.165) is 24.5 Å². The van der Waals surface area contributed by atoms with Crippen molar-refractivity contribution in [1.29, 1.82) is 5.26 Å². The summed E-state index contributed by atoms with van der Waals surface area (Å²) in [7, 11) is 0. The van der Waals surface area contributed by atoms with Gasteiger partial charge in [-0.05, 0) is 18.6 Å². The first kappa shape index (κ1) is 13.4. The summed E-state index contributed by atoms with van der Waals surface area (Å²) < 4.78 is 5.62. The molecule has 1 N–H and O–H groups in total. The van der Waals surface area contributed by atoms with Gasteiger partial charge in [-0.3, -0.25) is 5.32 Å². The van der Waals surface area contributed by atoms with Crippen molar-refractivity contribution in [3.05, 3.63) is 24.3 Å². The summed E-state index contributed by atoms with van der Waals surface area (Å²) in [5.74, 6) is 0.820. The van der Waals surface area contributed by atoms with E-state index in [1.165, 1.54) is 25.7 Å². The van der Waals surface area contributed by atoms with E-state index in [4.69, 9.17) is 10.00 Å². The second-order valence-electron chi connectivity index (χ2n) is 4.03. The van der Waals surface area contributed by atoms with E-state index in [-0.39, 0.29) is 0 Å². The third-order valence-corrected chi connectivity index (χ3v) is 2.55. The average molecular weight is 232 g/mol. The van der Waals surface area contributed by atoms with Crippen LogP contribution in [0.15, 0.2) is 24.3 Å². The summed E-state index contributed by atoms with van der Waals surface area (Å²) >= 11 is 0. The molecule has 1 rings (SSSR count). The highest BCUT2D eigenvalue weighted by Gasteiger charge is 1.96. The van der Waals surface area contributed by atoms with Crippen LogP contribution in [-0.4, -0.2) is 6.61 Å². The molecule has 0 radical (unpaired) electrons. The Bertz CT molecular complexity index is 357. The molecule has 0 amide bonds. The number of benzene rings is 1. The smallest absolute Gasteiger partial charge is 0.181 e. The third kappa shape index (κ3) is 5.82. The predicted octanol–water partition coefficient (Wildman–Crippen LogP) is 3.93. The molecule has 3 heteroatoms. The molecule has 92 valence electrons. The zero-order valence-electron chi connectivity index (χ0n) is 10.4. The molecule has 3 nitrogen and oxygen atoms in total. The lowest BCUT2D eigenvalue weighted by atomic mass is 10.2. The van der Waals surface area contributed by atoms with Crippen molar-refractivity contribution in [2.45, 2.75) is 39.0 Å². The van der Waals surface area contributed by atoms with E-state index in [0.29, 0.717) is 0 Å². The van der Waals surface area contributed by atoms with Gasteiger partial charge in [0.25, 0.3) is 0 Å². The first-order chi connectivity index (χ1) is 8.36. The Labute approximate surface area is 103 Å². The van der Waals surface area contributed by atoms with Gasteiger partial charge in [-0.15, -0.1) is 0 Å². The Balaban J connectivity index is 2.22. The lowest BCUT2D eigenvalue weighted by Gasteiger charge is -2.07. The largest absolute Gasteiger partial charge is 0.494 e. The molecule has 0 spiro atoms. The minimum absolute atomic E-state index is 0.750. The third-order valence-electron chi connectivity index (χ3n) is 2.55. The highest BCUT2D eigenvalue weighted by molar-refractivity contribution is 5.50. The molecule has 1 aromatic carbocycles. The maximum atomic E-state index is 8.51. The van der Waals surface area contributed by atoms with Crippen molar-refractivity contribution >= 4 is 5.69 Å². The fourth-order valence-electron chi connectivity index (χ4n) is 1.62. The van der Waals surface area contributed by atoms with Crippen LogP contribution in [0, 0.1) is 11.5 Å². The molecule has 0 saturated carbocycles. The number of nitriles is 1. The van der Waals surface area contributed by atoms with E-state index in [9.17, 15) is 0 Å². The fourth-order valence-corrected chi connectivity index (χ4v) is 1.62. The Morgan fingerprint density at radius 1 is 1.24 bits per heavy atom. The van der Waals surface area contributed by atoms with Crippen molar-refractivity contribution < 1.29 is 4.74 Å². The molecular formula is C14H20N2O. The molecular weight excluding hydrogens is 212 g/mol. The van der Waals surface area contributed by atoms with Gasteiger partial charge in [0.2, 0.25) is 0 Å². The van der Waals surface area contributed by atoms with E-state index in [1.54, 1.807) is 0 Å². The molecule has 0 aliphatic rings. The van der Waals surface area contributed by atoms with Gasteiger partial charge in [0, 0.05) is 6.07 Å². The molecule has 0 unspecified atom stereocenters. The molecule has 17 heavy (non-hydrogen) atoms. The molecule has 0 saturated heterocycles. The predicted molar refractivity (Wildman–Crippen MR) is 69.9 cm³/mol. The molecule has 0 atom stereocenters. The summed E-state index contributed by atoms with van der Waals surface area (Å²) in [6.07, 6.45) is 8.08. The maximum absolute atomic E-state index is 8.51. The molecule has 0 fully saturated rings.